The van der Waals surface area contributed by atoms with Crippen LogP contribution in [0.4, 0.5) is 0 Å². The number of hydrogen-bond donors (Lipinski definition) is 1. The van der Waals surface area contributed by atoms with E-state index in [1.165, 1.54) is 57.1 Å². The molecule has 0 aliphatic carbocycles. The van der Waals surface area contributed by atoms with Crippen LogP contribution >= 0.6 is 0 Å². The topological polar surface area (TPSA) is 63.6 Å². The van der Waals surface area contributed by atoms with Crippen molar-refractivity contribution in [3.63, 3.8) is 0 Å². The summed E-state index contributed by atoms with van der Waals surface area (Å²) in [4.78, 5) is 23.6. The third-order valence-electron chi connectivity index (χ3n) is 5.13. The number of ether oxygens (including phenoxy) is 1. The molecule has 0 spiro atoms. The summed E-state index contributed by atoms with van der Waals surface area (Å²) in [6, 6.07) is 6.08. The van der Waals surface area contributed by atoms with E-state index < -0.39 is 11.9 Å². The van der Waals surface area contributed by atoms with Gasteiger partial charge in [-0.25, -0.2) is 9.59 Å². The summed E-state index contributed by atoms with van der Waals surface area (Å²) < 4.78 is 5.75. The number of carboxylic acids is 1. The molecule has 1 aromatic rings. The van der Waals surface area contributed by atoms with E-state index in [2.05, 4.69) is 13.8 Å². The van der Waals surface area contributed by atoms with Crippen molar-refractivity contribution in [3.8, 4) is 0 Å². The van der Waals surface area contributed by atoms with Gasteiger partial charge in [0.1, 0.15) is 6.10 Å². The molecule has 1 atom stereocenters. The second-order valence-electron chi connectivity index (χ2n) is 7.67. The highest BCUT2D eigenvalue weighted by atomic mass is 16.5. The van der Waals surface area contributed by atoms with E-state index in [4.69, 9.17) is 9.84 Å². The first-order chi connectivity index (χ1) is 13.6. The number of carbonyl (C=O) groups excluding carboxylic acids is 1. The Hall–Kier alpha value is -1.84. The van der Waals surface area contributed by atoms with E-state index in [1.54, 1.807) is 12.1 Å². The minimum Gasteiger partial charge on any atom is -0.478 e. The monoisotopic (exact) mass is 390 g/mol. The fraction of sp³-hybridized carbons (Fsp3) is 0.667. The molecule has 0 bridgehead atoms. The molecule has 4 heteroatoms. The van der Waals surface area contributed by atoms with Crippen molar-refractivity contribution in [1.82, 2.24) is 0 Å². The van der Waals surface area contributed by atoms with E-state index in [9.17, 15) is 9.59 Å². The minimum atomic E-state index is -1.03. The van der Waals surface area contributed by atoms with Gasteiger partial charge in [-0.05, 0) is 43.9 Å². The maximum Gasteiger partial charge on any atom is 0.338 e. The van der Waals surface area contributed by atoms with Crippen LogP contribution in [0.1, 0.15) is 118 Å². The zero-order valence-electron chi connectivity index (χ0n) is 17.8. The van der Waals surface area contributed by atoms with Gasteiger partial charge in [-0.1, -0.05) is 77.7 Å². The standard InChI is InChI=1S/C24H38O4/c1-3-5-7-8-9-10-11-13-18-22(17-12-6-4-2)28-24(27)21-16-14-15-20(19-21)23(25)26/h14-16,19,22H,3-13,17-18H2,1-2H3,(H,25,26). The van der Waals surface area contributed by atoms with Crippen LogP contribution in [0, 0.1) is 0 Å². The average Bonchev–Trinajstić information content (AvgIpc) is 2.70. The Balaban J connectivity index is 2.46. The largest absolute Gasteiger partial charge is 0.478 e. The number of esters is 1. The summed E-state index contributed by atoms with van der Waals surface area (Å²) >= 11 is 0. The molecule has 1 aromatic carbocycles. The van der Waals surface area contributed by atoms with E-state index in [0.717, 1.165) is 38.5 Å². The van der Waals surface area contributed by atoms with Crippen LogP contribution in [0.3, 0.4) is 0 Å². The number of hydrogen-bond acceptors (Lipinski definition) is 3. The number of aromatic carboxylic acids is 1. The molecule has 0 fully saturated rings. The quantitative estimate of drug-likeness (QED) is 0.243. The smallest absolute Gasteiger partial charge is 0.338 e. The highest BCUT2D eigenvalue weighted by molar-refractivity contribution is 5.94. The van der Waals surface area contributed by atoms with Crippen LogP contribution in [-0.4, -0.2) is 23.1 Å². The Bertz CT molecular complexity index is 567. The van der Waals surface area contributed by atoms with Crippen LogP contribution in [0.2, 0.25) is 0 Å². The van der Waals surface area contributed by atoms with Gasteiger partial charge in [0.2, 0.25) is 0 Å². The molecule has 0 aliphatic heterocycles. The zero-order valence-corrected chi connectivity index (χ0v) is 17.8. The third-order valence-corrected chi connectivity index (χ3v) is 5.13. The summed E-state index contributed by atoms with van der Waals surface area (Å²) in [5.41, 5.74) is 0.427. The van der Waals surface area contributed by atoms with Gasteiger partial charge in [0, 0.05) is 0 Å². The van der Waals surface area contributed by atoms with Crippen LogP contribution in [0.25, 0.3) is 0 Å². The molecular weight excluding hydrogens is 352 g/mol. The Labute approximate surface area is 170 Å². The highest BCUT2D eigenvalue weighted by Gasteiger charge is 2.17. The average molecular weight is 391 g/mol. The molecule has 1 N–H and O–H groups in total. The third kappa shape index (κ3) is 10.5. The molecule has 0 aliphatic rings. The SMILES string of the molecule is CCCCCCCCCCC(CCCCC)OC(=O)c1cccc(C(=O)O)c1. The summed E-state index contributed by atoms with van der Waals surface area (Å²) in [5, 5.41) is 9.10. The van der Waals surface area contributed by atoms with Crippen LogP contribution in [0.5, 0.6) is 0 Å². The summed E-state index contributed by atoms with van der Waals surface area (Å²) in [6.45, 7) is 4.40. The van der Waals surface area contributed by atoms with Gasteiger partial charge < -0.3 is 9.84 Å². The normalized spacial score (nSPS) is 11.9. The van der Waals surface area contributed by atoms with Gasteiger partial charge in [0.25, 0.3) is 0 Å². The number of carboxylic acid groups (broad SMARTS) is 1. The summed E-state index contributed by atoms with van der Waals surface area (Å²) in [5.74, 6) is -1.45. The molecule has 158 valence electrons. The van der Waals surface area contributed by atoms with Gasteiger partial charge in [0.05, 0.1) is 11.1 Å². The minimum absolute atomic E-state index is 0.0763. The van der Waals surface area contributed by atoms with Crippen molar-refractivity contribution in [2.75, 3.05) is 0 Å². The second kappa shape index (κ2) is 15.1. The van der Waals surface area contributed by atoms with E-state index in [-0.39, 0.29) is 11.7 Å². The molecule has 0 heterocycles. The van der Waals surface area contributed by atoms with Crippen molar-refractivity contribution < 1.29 is 19.4 Å². The fourth-order valence-corrected chi connectivity index (χ4v) is 3.39. The van der Waals surface area contributed by atoms with Crippen molar-refractivity contribution in [2.45, 2.75) is 103 Å². The van der Waals surface area contributed by atoms with Gasteiger partial charge in [-0.3, -0.25) is 0 Å². The van der Waals surface area contributed by atoms with Gasteiger partial charge in [-0.2, -0.15) is 0 Å². The molecule has 4 nitrogen and oxygen atoms in total. The van der Waals surface area contributed by atoms with E-state index >= 15 is 0 Å². The summed E-state index contributed by atoms with van der Waals surface area (Å²) in [7, 11) is 0. The lowest BCUT2D eigenvalue weighted by molar-refractivity contribution is 0.0249. The molecule has 0 saturated carbocycles. The first-order valence-corrected chi connectivity index (χ1v) is 11.1. The van der Waals surface area contributed by atoms with Crippen LogP contribution < -0.4 is 0 Å². The van der Waals surface area contributed by atoms with Crippen molar-refractivity contribution in [1.29, 1.82) is 0 Å². The number of carbonyl (C=O) groups is 2. The van der Waals surface area contributed by atoms with E-state index in [0.29, 0.717) is 5.56 Å². The summed E-state index contributed by atoms with van der Waals surface area (Å²) in [6.07, 6.45) is 15.1. The van der Waals surface area contributed by atoms with Gasteiger partial charge in [-0.15, -0.1) is 0 Å². The van der Waals surface area contributed by atoms with Gasteiger partial charge >= 0.3 is 11.9 Å². The Morgan fingerprint density at radius 1 is 0.821 bits per heavy atom. The Kier molecular flexibility index (Phi) is 13.1. The molecular formula is C24H38O4. The van der Waals surface area contributed by atoms with Crippen molar-refractivity contribution >= 4 is 11.9 Å². The molecule has 28 heavy (non-hydrogen) atoms. The number of benzene rings is 1. The predicted octanol–water partition coefficient (Wildman–Crippen LogP) is 7.02. The molecule has 0 aromatic heterocycles. The van der Waals surface area contributed by atoms with Gasteiger partial charge in [0.15, 0.2) is 0 Å². The van der Waals surface area contributed by atoms with E-state index in [1.807, 2.05) is 0 Å². The molecule has 0 amide bonds. The van der Waals surface area contributed by atoms with Crippen molar-refractivity contribution in [3.05, 3.63) is 35.4 Å². The highest BCUT2D eigenvalue weighted by Crippen LogP contribution is 2.18. The maximum atomic E-state index is 12.5. The van der Waals surface area contributed by atoms with Crippen molar-refractivity contribution in [2.24, 2.45) is 0 Å². The Morgan fingerprint density at radius 3 is 1.93 bits per heavy atom. The first-order valence-electron chi connectivity index (χ1n) is 11.1. The molecule has 0 saturated heterocycles. The number of rotatable bonds is 16. The zero-order chi connectivity index (χ0) is 20.6. The predicted molar refractivity (Wildman–Crippen MR) is 114 cm³/mol. The maximum absolute atomic E-state index is 12.5. The lowest BCUT2D eigenvalue weighted by atomic mass is 10.0. The Morgan fingerprint density at radius 2 is 1.32 bits per heavy atom. The molecule has 1 rings (SSSR count). The lowest BCUT2D eigenvalue weighted by Gasteiger charge is -2.18. The van der Waals surface area contributed by atoms with Crippen LogP contribution in [-0.2, 0) is 4.74 Å². The lowest BCUT2D eigenvalue weighted by Crippen LogP contribution is -2.19. The molecule has 1 unspecified atom stereocenters. The fourth-order valence-electron chi connectivity index (χ4n) is 3.39. The first kappa shape index (κ1) is 24.2. The number of unbranched alkanes of at least 4 members (excludes halogenated alkanes) is 9. The second-order valence-corrected chi connectivity index (χ2v) is 7.67. The molecule has 0 radical (unpaired) electrons. The van der Waals surface area contributed by atoms with Crippen LogP contribution in [0.15, 0.2) is 24.3 Å².